The van der Waals surface area contributed by atoms with Gasteiger partial charge in [-0.3, -0.25) is 9.59 Å². The summed E-state index contributed by atoms with van der Waals surface area (Å²) in [6.45, 7) is 2.00. The molecule has 0 bridgehead atoms. The molecule has 1 aromatic heterocycles. The number of aromatic amines is 1. The second-order valence-corrected chi connectivity index (χ2v) is 4.57. The quantitative estimate of drug-likeness (QED) is 0.877. The largest absolute Gasteiger partial charge is 0.466 e. The van der Waals surface area contributed by atoms with E-state index in [1.807, 2.05) is 6.07 Å². The molecule has 0 amide bonds. The number of rotatable bonds is 3. The number of nitrogens with zero attached hydrogens (tertiary/aromatic N) is 1. The van der Waals surface area contributed by atoms with Crippen LogP contribution in [0.3, 0.4) is 0 Å². The van der Waals surface area contributed by atoms with E-state index in [2.05, 4.69) is 25.9 Å². The normalized spacial score (nSPS) is 10.6. The van der Waals surface area contributed by atoms with Crippen LogP contribution in [0, 0.1) is 0 Å². The molecule has 0 spiro atoms. The number of aromatic nitrogens is 2. The summed E-state index contributed by atoms with van der Waals surface area (Å²) < 4.78 is 5.65. The van der Waals surface area contributed by atoms with Crippen LogP contribution in [0.4, 0.5) is 0 Å². The highest BCUT2D eigenvalue weighted by Crippen LogP contribution is 2.15. The summed E-state index contributed by atoms with van der Waals surface area (Å²) in [6.07, 6.45) is -0.119. The number of benzene rings is 1. The predicted molar refractivity (Wildman–Crippen MR) is 70.4 cm³/mol. The number of hydrogen-bond acceptors (Lipinski definition) is 4. The Labute approximate surface area is 111 Å². The lowest BCUT2D eigenvalue weighted by Gasteiger charge is -2.03. The summed E-state index contributed by atoms with van der Waals surface area (Å²) in [7, 11) is 0. The minimum Gasteiger partial charge on any atom is -0.466 e. The topological polar surface area (TPSA) is 72.0 Å². The molecule has 1 heterocycles. The number of carbonyl (C=O) groups is 1. The lowest BCUT2D eigenvalue weighted by Crippen LogP contribution is -2.20. The maximum atomic E-state index is 11.7. The predicted octanol–water partition coefficient (Wildman–Crippen LogP) is 1.79. The first-order valence-corrected chi connectivity index (χ1v) is 6.23. The van der Waals surface area contributed by atoms with Crippen molar-refractivity contribution in [1.82, 2.24) is 9.97 Å². The van der Waals surface area contributed by atoms with E-state index < -0.39 is 5.97 Å². The zero-order chi connectivity index (χ0) is 13.1. The average Bonchev–Trinajstić information content (AvgIpc) is 2.31. The van der Waals surface area contributed by atoms with Gasteiger partial charge in [0, 0.05) is 4.47 Å². The Morgan fingerprint density at radius 1 is 1.50 bits per heavy atom. The van der Waals surface area contributed by atoms with Gasteiger partial charge in [-0.05, 0) is 25.1 Å². The molecule has 0 radical (unpaired) electrons. The zero-order valence-corrected chi connectivity index (χ0v) is 11.3. The molecule has 1 aromatic carbocycles. The van der Waals surface area contributed by atoms with Crippen LogP contribution in [0.15, 0.2) is 27.5 Å². The molecular weight excluding hydrogens is 300 g/mol. The van der Waals surface area contributed by atoms with Gasteiger partial charge in [-0.15, -0.1) is 0 Å². The Bertz CT molecular complexity index is 651. The molecule has 0 aliphatic rings. The summed E-state index contributed by atoms with van der Waals surface area (Å²) in [4.78, 5) is 29.9. The van der Waals surface area contributed by atoms with Crippen LogP contribution < -0.4 is 5.56 Å². The Morgan fingerprint density at radius 2 is 2.28 bits per heavy atom. The lowest BCUT2D eigenvalue weighted by atomic mass is 10.2. The molecule has 1 N–H and O–H groups in total. The van der Waals surface area contributed by atoms with Crippen molar-refractivity contribution in [3.8, 4) is 0 Å². The summed E-state index contributed by atoms with van der Waals surface area (Å²) in [6, 6.07) is 5.34. The summed E-state index contributed by atoms with van der Waals surface area (Å²) in [5, 5.41) is 0. The van der Waals surface area contributed by atoms with Crippen LogP contribution in [-0.2, 0) is 16.0 Å². The number of nitrogens with one attached hydrogen (secondary N) is 1. The summed E-state index contributed by atoms with van der Waals surface area (Å²) in [5.74, 6) is -0.454. The first-order chi connectivity index (χ1) is 8.60. The van der Waals surface area contributed by atoms with Gasteiger partial charge in [-0.1, -0.05) is 15.9 Å². The van der Waals surface area contributed by atoms with Crippen LogP contribution in [-0.4, -0.2) is 22.5 Å². The second-order valence-electron chi connectivity index (χ2n) is 3.66. The Hall–Kier alpha value is -1.69. The molecule has 0 atom stereocenters. The summed E-state index contributed by atoms with van der Waals surface area (Å²) >= 11 is 3.33. The molecule has 0 unspecified atom stereocenters. The molecule has 18 heavy (non-hydrogen) atoms. The molecular formula is C12H11BrN2O3. The van der Waals surface area contributed by atoms with Crippen molar-refractivity contribution in [3.05, 3.63) is 38.7 Å². The SMILES string of the molecule is CCOC(=O)Cc1nc2cc(Br)ccc2[nH]c1=O. The number of ether oxygens (including phenoxy) is 1. The minimum absolute atomic E-state index is 0.119. The van der Waals surface area contributed by atoms with Crippen molar-refractivity contribution in [3.63, 3.8) is 0 Å². The van der Waals surface area contributed by atoms with Gasteiger partial charge in [0.05, 0.1) is 24.1 Å². The third kappa shape index (κ3) is 2.76. The van der Waals surface area contributed by atoms with Crippen molar-refractivity contribution < 1.29 is 9.53 Å². The van der Waals surface area contributed by atoms with Crippen molar-refractivity contribution in [2.75, 3.05) is 6.61 Å². The number of hydrogen-bond donors (Lipinski definition) is 1. The van der Waals surface area contributed by atoms with Crippen LogP contribution in [0.25, 0.3) is 11.0 Å². The molecule has 6 heteroatoms. The van der Waals surface area contributed by atoms with Gasteiger partial charge in [0.15, 0.2) is 0 Å². The van der Waals surface area contributed by atoms with Crippen molar-refractivity contribution in [2.45, 2.75) is 13.3 Å². The van der Waals surface area contributed by atoms with Gasteiger partial charge < -0.3 is 9.72 Å². The molecule has 5 nitrogen and oxygen atoms in total. The highest BCUT2D eigenvalue weighted by molar-refractivity contribution is 9.10. The second kappa shape index (κ2) is 5.30. The van der Waals surface area contributed by atoms with Gasteiger partial charge >= 0.3 is 5.97 Å². The van der Waals surface area contributed by atoms with E-state index in [0.717, 1.165) is 4.47 Å². The highest BCUT2D eigenvalue weighted by Gasteiger charge is 2.10. The molecule has 0 fully saturated rings. The van der Waals surface area contributed by atoms with Crippen LogP contribution in [0.5, 0.6) is 0 Å². The smallest absolute Gasteiger partial charge is 0.312 e. The van der Waals surface area contributed by atoms with E-state index in [1.165, 1.54) is 0 Å². The number of esters is 1. The van der Waals surface area contributed by atoms with E-state index in [-0.39, 0.29) is 24.3 Å². The molecule has 0 saturated carbocycles. The minimum atomic E-state index is -0.454. The Kier molecular flexibility index (Phi) is 3.76. The van der Waals surface area contributed by atoms with E-state index in [9.17, 15) is 9.59 Å². The monoisotopic (exact) mass is 310 g/mol. The average molecular weight is 311 g/mol. The first kappa shape index (κ1) is 12.8. The van der Waals surface area contributed by atoms with Crippen molar-refractivity contribution >= 4 is 32.9 Å². The number of carbonyl (C=O) groups excluding carboxylic acids is 1. The molecule has 0 saturated heterocycles. The third-order valence-electron chi connectivity index (χ3n) is 2.34. The molecule has 0 aliphatic heterocycles. The molecule has 2 aromatic rings. The van der Waals surface area contributed by atoms with E-state index >= 15 is 0 Å². The maximum Gasteiger partial charge on any atom is 0.312 e. The standard InChI is InChI=1S/C12H11BrN2O3/c1-2-18-11(16)6-10-12(17)15-8-4-3-7(13)5-9(8)14-10/h3-5H,2,6H2,1H3,(H,15,17). The maximum absolute atomic E-state index is 11.7. The van der Waals surface area contributed by atoms with Crippen LogP contribution in [0.2, 0.25) is 0 Å². The van der Waals surface area contributed by atoms with E-state index in [4.69, 9.17) is 4.74 Å². The summed E-state index contributed by atoms with van der Waals surface area (Å²) in [5.41, 5.74) is 1.07. The molecule has 94 valence electrons. The third-order valence-corrected chi connectivity index (χ3v) is 2.84. The van der Waals surface area contributed by atoms with Gasteiger partial charge in [0.2, 0.25) is 0 Å². The fourth-order valence-corrected chi connectivity index (χ4v) is 1.91. The van der Waals surface area contributed by atoms with Gasteiger partial charge in [0.25, 0.3) is 5.56 Å². The van der Waals surface area contributed by atoms with Crippen molar-refractivity contribution in [2.24, 2.45) is 0 Å². The van der Waals surface area contributed by atoms with Crippen molar-refractivity contribution in [1.29, 1.82) is 0 Å². The molecule has 0 aliphatic carbocycles. The molecule has 2 rings (SSSR count). The number of halogens is 1. The van der Waals surface area contributed by atoms with Gasteiger partial charge in [0.1, 0.15) is 5.69 Å². The first-order valence-electron chi connectivity index (χ1n) is 5.44. The fraction of sp³-hybridized carbons (Fsp3) is 0.250. The zero-order valence-electron chi connectivity index (χ0n) is 9.70. The van der Waals surface area contributed by atoms with E-state index in [1.54, 1.807) is 19.1 Å². The lowest BCUT2D eigenvalue weighted by molar-refractivity contribution is -0.142. The van der Waals surface area contributed by atoms with Crippen LogP contribution in [0.1, 0.15) is 12.6 Å². The fourth-order valence-electron chi connectivity index (χ4n) is 1.56. The number of fused-ring (bicyclic) bond motifs is 1. The highest BCUT2D eigenvalue weighted by atomic mass is 79.9. The Morgan fingerprint density at radius 3 is 3.00 bits per heavy atom. The van der Waals surface area contributed by atoms with Crippen LogP contribution >= 0.6 is 15.9 Å². The van der Waals surface area contributed by atoms with Gasteiger partial charge in [-0.2, -0.15) is 0 Å². The number of H-pyrrole nitrogens is 1. The van der Waals surface area contributed by atoms with Gasteiger partial charge in [-0.25, -0.2) is 4.98 Å². The van der Waals surface area contributed by atoms with E-state index in [0.29, 0.717) is 11.0 Å². The Balaban J connectivity index is 2.42.